The van der Waals surface area contributed by atoms with Crippen molar-refractivity contribution in [1.29, 1.82) is 0 Å². The molecule has 80 valence electrons. The lowest BCUT2D eigenvalue weighted by molar-refractivity contribution is 0.135. The average Bonchev–Trinajstić information content (AvgIpc) is 2.52. The highest BCUT2D eigenvalue weighted by Crippen LogP contribution is 2.22. The van der Waals surface area contributed by atoms with E-state index in [1.54, 1.807) is 0 Å². The minimum absolute atomic E-state index is 0.113. The molecule has 1 aliphatic rings. The van der Waals surface area contributed by atoms with Crippen molar-refractivity contribution in [3.05, 3.63) is 11.5 Å². The van der Waals surface area contributed by atoms with Crippen LogP contribution < -0.4 is 0 Å². The minimum Gasteiger partial charge on any atom is -0.405 e. The van der Waals surface area contributed by atoms with Gasteiger partial charge < -0.3 is 9.31 Å². The highest BCUT2D eigenvalue weighted by Gasteiger charge is 2.27. The molecule has 14 heavy (non-hydrogen) atoms. The van der Waals surface area contributed by atoms with Gasteiger partial charge in [0.05, 0.1) is 0 Å². The van der Waals surface area contributed by atoms with E-state index in [9.17, 15) is 0 Å². The molecule has 1 rings (SSSR count). The molecule has 0 aromatic heterocycles. The summed E-state index contributed by atoms with van der Waals surface area (Å²) in [7, 11) is -0.113. The lowest BCUT2D eigenvalue weighted by atomic mass is 9.77. The lowest BCUT2D eigenvalue weighted by Gasteiger charge is -2.20. The molecule has 3 heteroatoms. The number of allylic oxidation sites excluding steroid dienone is 2. The maximum atomic E-state index is 5.75. The average molecular weight is 196 g/mol. The highest BCUT2D eigenvalue weighted by atomic mass is 16.6. The van der Waals surface area contributed by atoms with Crippen molar-refractivity contribution >= 4 is 7.12 Å². The fraction of sp³-hybridized carbons (Fsp3) is 0.818. The third-order valence-electron chi connectivity index (χ3n) is 2.17. The van der Waals surface area contributed by atoms with Gasteiger partial charge in [-0.3, -0.25) is 0 Å². The van der Waals surface area contributed by atoms with Gasteiger partial charge in [0, 0.05) is 12.2 Å². The molecule has 0 saturated heterocycles. The lowest BCUT2D eigenvalue weighted by Crippen LogP contribution is -2.31. The van der Waals surface area contributed by atoms with Crippen molar-refractivity contribution in [2.24, 2.45) is 0 Å². The Labute approximate surface area is 87.8 Å². The van der Waals surface area contributed by atoms with Gasteiger partial charge in [-0.2, -0.15) is 0 Å². The molecular weight excluding hydrogens is 175 g/mol. The fourth-order valence-corrected chi connectivity index (χ4v) is 1.61. The van der Waals surface area contributed by atoms with E-state index in [0.717, 1.165) is 6.42 Å². The number of hydrogen-bond acceptors (Lipinski definition) is 2. The van der Waals surface area contributed by atoms with Crippen LogP contribution in [0.3, 0.4) is 0 Å². The van der Waals surface area contributed by atoms with Crippen LogP contribution in [0.4, 0.5) is 0 Å². The van der Waals surface area contributed by atoms with Gasteiger partial charge in [0.2, 0.25) is 0 Å². The van der Waals surface area contributed by atoms with Gasteiger partial charge in [-0.05, 0) is 52.4 Å². The van der Waals surface area contributed by atoms with Gasteiger partial charge in [0.1, 0.15) is 0 Å². The van der Waals surface area contributed by atoms with Crippen LogP contribution in [-0.4, -0.2) is 19.3 Å². The molecule has 0 N–H and O–H groups in total. The fourth-order valence-electron chi connectivity index (χ4n) is 1.61. The number of hydrogen-bond donors (Lipinski definition) is 0. The molecule has 0 amide bonds. The van der Waals surface area contributed by atoms with E-state index in [4.69, 9.17) is 9.31 Å². The van der Waals surface area contributed by atoms with E-state index in [-0.39, 0.29) is 19.3 Å². The first-order valence-corrected chi connectivity index (χ1v) is 5.59. The van der Waals surface area contributed by atoms with Crippen LogP contribution in [0.1, 0.15) is 47.0 Å². The Hall–Kier alpha value is -0.275. The summed E-state index contributed by atoms with van der Waals surface area (Å²) in [4.78, 5) is 0. The molecule has 0 bridgehead atoms. The summed E-state index contributed by atoms with van der Waals surface area (Å²) >= 11 is 0. The zero-order valence-electron chi connectivity index (χ0n) is 9.75. The predicted octanol–water partition coefficient (Wildman–Crippen LogP) is 2.97. The van der Waals surface area contributed by atoms with Gasteiger partial charge in [0.25, 0.3) is 0 Å². The second kappa shape index (κ2) is 5.57. The maximum Gasteiger partial charge on any atom is 0.489 e. The standard InChI is InChI=1S/C11H21BO2/c1-9(2)13-12(14-10(3)4)11-7-5-6-8-11/h7,9-10H,5-6,8H2,1-4H3. The summed E-state index contributed by atoms with van der Waals surface area (Å²) in [6.07, 6.45) is 6.25. The van der Waals surface area contributed by atoms with E-state index >= 15 is 0 Å². The van der Waals surface area contributed by atoms with Gasteiger partial charge in [-0.25, -0.2) is 0 Å². The highest BCUT2D eigenvalue weighted by molar-refractivity contribution is 6.53. The van der Waals surface area contributed by atoms with Crippen molar-refractivity contribution in [3.8, 4) is 0 Å². The Morgan fingerprint density at radius 3 is 2.07 bits per heavy atom. The topological polar surface area (TPSA) is 18.5 Å². The van der Waals surface area contributed by atoms with Crippen LogP contribution in [0.5, 0.6) is 0 Å². The Kier molecular flexibility index (Phi) is 4.69. The summed E-state index contributed by atoms with van der Waals surface area (Å²) < 4.78 is 11.5. The van der Waals surface area contributed by atoms with Crippen molar-refractivity contribution < 1.29 is 9.31 Å². The molecule has 0 atom stereocenters. The summed E-state index contributed by atoms with van der Waals surface area (Å²) in [6.45, 7) is 8.19. The Balaban J connectivity index is 2.51. The van der Waals surface area contributed by atoms with Crippen LogP contribution in [0, 0.1) is 0 Å². The zero-order chi connectivity index (χ0) is 10.6. The van der Waals surface area contributed by atoms with Gasteiger partial charge >= 0.3 is 7.12 Å². The first-order valence-electron chi connectivity index (χ1n) is 5.59. The minimum atomic E-state index is -0.113. The van der Waals surface area contributed by atoms with Crippen molar-refractivity contribution in [2.45, 2.75) is 59.2 Å². The van der Waals surface area contributed by atoms with E-state index in [1.165, 1.54) is 18.3 Å². The van der Waals surface area contributed by atoms with E-state index in [2.05, 4.69) is 6.08 Å². The quantitative estimate of drug-likeness (QED) is 0.629. The summed E-state index contributed by atoms with van der Waals surface area (Å²) in [5, 5.41) is 0. The van der Waals surface area contributed by atoms with E-state index < -0.39 is 0 Å². The molecule has 0 radical (unpaired) electrons. The zero-order valence-corrected chi connectivity index (χ0v) is 9.75. The Morgan fingerprint density at radius 1 is 1.14 bits per heavy atom. The second-order valence-corrected chi connectivity index (χ2v) is 4.37. The van der Waals surface area contributed by atoms with Crippen molar-refractivity contribution in [2.75, 3.05) is 0 Å². The molecule has 2 nitrogen and oxygen atoms in total. The molecule has 0 aliphatic heterocycles. The van der Waals surface area contributed by atoms with Crippen molar-refractivity contribution in [3.63, 3.8) is 0 Å². The molecule has 0 aromatic rings. The largest absolute Gasteiger partial charge is 0.489 e. The molecule has 0 spiro atoms. The first kappa shape index (κ1) is 11.8. The third kappa shape index (κ3) is 3.85. The SMILES string of the molecule is CC(C)OB(OC(C)C)C1=CCCC1. The van der Waals surface area contributed by atoms with E-state index in [1.807, 2.05) is 27.7 Å². The Bertz CT molecular complexity index is 189. The van der Waals surface area contributed by atoms with E-state index in [0.29, 0.717) is 0 Å². The third-order valence-corrected chi connectivity index (χ3v) is 2.17. The van der Waals surface area contributed by atoms with Gasteiger partial charge in [-0.1, -0.05) is 6.08 Å². The Morgan fingerprint density at radius 2 is 1.71 bits per heavy atom. The smallest absolute Gasteiger partial charge is 0.405 e. The molecule has 0 saturated carbocycles. The molecule has 0 aromatic carbocycles. The monoisotopic (exact) mass is 196 g/mol. The first-order chi connectivity index (χ1) is 6.59. The van der Waals surface area contributed by atoms with Crippen LogP contribution in [0.15, 0.2) is 11.5 Å². The second-order valence-electron chi connectivity index (χ2n) is 4.37. The molecule has 1 aliphatic carbocycles. The normalized spacial score (nSPS) is 16.6. The summed E-state index contributed by atoms with van der Waals surface area (Å²) in [5.74, 6) is 0. The van der Waals surface area contributed by atoms with Crippen LogP contribution >= 0.6 is 0 Å². The predicted molar refractivity (Wildman–Crippen MR) is 60.1 cm³/mol. The van der Waals surface area contributed by atoms with Gasteiger partial charge in [-0.15, -0.1) is 0 Å². The van der Waals surface area contributed by atoms with Crippen molar-refractivity contribution in [1.82, 2.24) is 0 Å². The molecular formula is C11H21BO2. The van der Waals surface area contributed by atoms with Gasteiger partial charge in [0.15, 0.2) is 0 Å². The summed E-state index contributed by atoms with van der Waals surface area (Å²) in [6, 6.07) is 0. The van der Waals surface area contributed by atoms with Crippen LogP contribution in [0.2, 0.25) is 0 Å². The molecule has 0 fully saturated rings. The molecule has 0 heterocycles. The van der Waals surface area contributed by atoms with Crippen LogP contribution in [-0.2, 0) is 9.31 Å². The maximum absolute atomic E-state index is 5.75. The summed E-state index contributed by atoms with van der Waals surface area (Å²) in [5.41, 5.74) is 1.33. The van der Waals surface area contributed by atoms with Crippen LogP contribution in [0.25, 0.3) is 0 Å². The number of rotatable bonds is 5. The molecule has 0 unspecified atom stereocenters.